The van der Waals surface area contributed by atoms with Gasteiger partial charge in [-0.05, 0) is 24.3 Å². The van der Waals surface area contributed by atoms with Gasteiger partial charge in [-0.2, -0.15) is 0 Å². The summed E-state index contributed by atoms with van der Waals surface area (Å²) in [5, 5.41) is 1.09. The summed E-state index contributed by atoms with van der Waals surface area (Å²) < 4.78 is 19.2. The highest BCUT2D eigenvalue weighted by molar-refractivity contribution is 9.10. The molecule has 0 N–H and O–H groups in total. The maximum atomic E-state index is 13.1. The first kappa shape index (κ1) is 13.7. The SMILES string of the molecule is Fc1cc(Br)cc(OCc2ccc(Cl)cc2Cl)c1. The monoisotopic (exact) mass is 348 g/mol. The fourth-order valence-corrected chi connectivity index (χ4v) is 2.32. The van der Waals surface area contributed by atoms with Crippen LogP contribution in [-0.4, -0.2) is 0 Å². The number of halogens is 4. The van der Waals surface area contributed by atoms with Crippen molar-refractivity contribution >= 4 is 39.1 Å². The smallest absolute Gasteiger partial charge is 0.128 e. The molecule has 2 aromatic rings. The lowest BCUT2D eigenvalue weighted by molar-refractivity contribution is 0.304. The molecule has 0 spiro atoms. The van der Waals surface area contributed by atoms with Gasteiger partial charge in [-0.3, -0.25) is 0 Å². The quantitative estimate of drug-likeness (QED) is 0.713. The highest BCUT2D eigenvalue weighted by Gasteiger charge is 2.04. The Kier molecular flexibility index (Phi) is 4.49. The molecule has 0 radical (unpaired) electrons. The first-order chi connectivity index (χ1) is 8.54. The summed E-state index contributed by atoms with van der Waals surface area (Å²) in [4.78, 5) is 0. The van der Waals surface area contributed by atoms with Crippen LogP contribution in [0.15, 0.2) is 40.9 Å². The highest BCUT2D eigenvalue weighted by atomic mass is 79.9. The first-order valence-corrected chi connectivity index (χ1v) is 6.62. The Balaban J connectivity index is 2.11. The number of ether oxygens (including phenoxy) is 1. The summed E-state index contributed by atoms with van der Waals surface area (Å²) in [5.74, 6) is 0.0782. The van der Waals surface area contributed by atoms with Crippen molar-refractivity contribution in [2.45, 2.75) is 6.61 Å². The van der Waals surface area contributed by atoms with Crippen molar-refractivity contribution in [3.63, 3.8) is 0 Å². The Morgan fingerprint density at radius 1 is 1.11 bits per heavy atom. The van der Waals surface area contributed by atoms with Gasteiger partial charge in [-0.25, -0.2) is 4.39 Å². The van der Waals surface area contributed by atoms with Crippen molar-refractivity contribution < 1.29 is 9.13 Å². The molecule has 0 unspecified atom stereocenters. The Morgan fingerprint density at radius 3 is 2.56 bits per heavy atom. The molecule has 0 saturated carbocycles. The van der Waals surface area contributed by atoms with Crippen molar-refractivity contribution in [3.05, 3.63) is 62.3 Å². The van der Waals surface area contributed by atoms with E-state index in [4.69, 9.17) is 27.9 Å². The third-order valence-electron chi connectivity index (χ3n) is 2.25. The topological polar surface area (TPSA) is 9.23 Å². The van der Waals surface area contributed by atoms with Gasteiger partial charge in [0, 0.05) is 26.1 Å². The molecule has 0 aliphatic rings. The van der Waals surface area contributed by atoms with Gasteiger partial charge in [-0.1, -0.05) is 45.2 Å². The zero-order chi connectivity index (χ0) is 13.1. The summed E-state index contributed by atoms with van der Waals surface area (Å²) in [6, 6.07) is 9.51. The Hall–Kier alpha value is -0.770. The second-order valence-corrected chi connectivity index (χ2v) is 5.39. The van der Waals surface area contributed by atoms with E-state index in [0.717, 1.165) is 5.56 Å². The second-order valence-electron chi connectivity index (χ2n) is 3.63. The molecule has 0 saturated heterocycles. The van der Waals surface area contributed by atoms with Gasteiger partial charge < -0.3 is 4.74 Å². The molecule has 2 rings (SSSR count). The van der Waals surface area contributed by atoms with E-state index in [-0.39, 0.29) is 12.4 Å². The molecule has 0 aromatic heterocycles. The predicted octanol–water partition coefficient (Wildman–Crippen LogP) is 5.47. The van der Waals surface area contributed by atoms with E-state index in [2.05, 4.69) is 15.9 Å². The number of rotatable bonds is 3. The molecule has 0 fully saturated rings. The molecule has 0 aliphatic heterocycles. The lowest BCUT2D eigenvalue weighted by Gasteiger charge is -2.08. The van der Waals surface area contributed by atoms with Gasteiger partial charge in [-0.15, -0.1) is 0 Å². The fourth-order valence-electron chi connectivity index (χ4n) is 1.41. The predicted molar refractivity (Wildman–Crippen MR) is 74.9 cm³/mol. The number of benzene rings is 2. The maximum absolute atomic E-state index is 13.1. The van der Waals surface area contributed by atoms with Crippen LogP contribution in [0.1, 0.15) is 5.56 Å². The van der Waals surface area contributed by atoms with Crippen LogP contribution in [0.5, 0.6) is 5.75 Å². The lowest BCUT2D eigenvalue weighted by atomic mass is 10.2. The normalized spacial score (nSPS) is 10.4. The van der Waals surface area contributed by atoms with Crippen LogP contribution in [0.25, 0.3) is 0 Å². The molecular formula is C13H8BrCl2FO. The minimum atomic E-state index is -0.360. The van der Waals surface area contributed by atoms with E-state index >= 15 is 0 Å². The van der Waals surface area contributed by atoms with Crippen LogP contribution in [0, 0.1) is 5.82 Å². The largest absolute Gasteiger partial charge is 0.489 e. The molecular weight excluding hydrogens is 342 g/mol. The standard InChI is InChI=1S/C13H8BrCl2FO/c14-9-3-11(17)6-12(4-9)18-7-8-1-2-10(15)5-13(8)16/h1-6H,7H2. The van der Waals surface area contributed by atoms with E-state index in [9.17, 15) is 4.39 Å². The van der Waals surface area contributed by atoms with Gasteiger partial charge >= 0.3 is 0 Å². The summed E-state index contributed by atoms with van der Waals surface area (Å²) in [6.45, 7) is 0.256. The van der Waals surface area contributed by atoms with Crippen LogP contribution in [-0.2, 0) is 6.61 Å². The van der Waals surface area contributed by atoms with E-state index in [1.54, 1.807) is 24.3 Å². The van der Waals surface area contributed by atoms with Crippen molar-refractivity contribution in [1.29, 1.82) is 0 Å². The summed E-state index contributed by atoms with van der Waals surface area (Å²) in [7, 11) is 0. The number of hydrogen-bond donors (Lipinski definition) is 0. The molecule has 0 heterocycles. The van der Waals surface area contributed by atoms with Crippen molar-refractivity contribution in [2.75, 3.05) is 0 Å². The summed E-state index contributed by atoms with van der Waals surface area (Å²) in [5.41, 5.74) is 0.793. The third-order valence-corrected chi connectivity index (χ3v) is 3.29. The molecule has 18 heavy (non-hydrogen) atoms. The summed E-state index contributed by atoms with van der Waals surface area (Å²) in [6.07, 6.45) is 0. The van der Waals surface area contributed by atoms with Gasteiger partial charge in [0.25, 0.3) is 0 Å². The molecule has 0 aliphatic carbocycles. The van der Waals surface area contributed by atoms with Gasteiger partial charge in [0.1, 0.15) is 18.2 Å². The zero-order valence-corrected chi connectivity index (χ0v) is 12.2. The Morgan fingerprint density at radius 2 is 1.89 bits per heavy atom. The molecule has 0 atom stereocenters. The van der Waals surface area contributed by atoms with Crippen LogP contribution in [0.2, 0.25) is 10.0 Å². The third kappa shape index (κ3) is 3.61. The van der Waals surface area contributed by atoms with Crippen molar-refractivity contribution in [1.82, 2.24) is 0 Å². The van der Waals surface area contributed by atoms with E-state index in [1.165, 1.54) is 12.1 Å². The Bertz CT molecular complexity index is 555. The minimum Gasteiger partial charge on any atom is -0.489 e. The van der Waals surface area contributed by atoms with Crippen LogP contribution >= 0.6 is 39.1 Å². The van der Waals surface area contributed by atoms with Gasteiger partial charge in [0.05, 0.1) is 0 Å². The highest BCUT2D eigenvalue weighted by Crippen LogP contribution is 2.24. The van der Waals surface area contributed by atoms with Gasteiger partial charge in [0.15, 0.2) is 0 Å². The average Bonchev–Trinajstić information content (AvgIpc) is 2.26. The van der Waals surface area contributed by atoms with Crippen molar-refractivity contribution in [2.24, 2.45) is 0 Å². The molecule has 5 heteroatoms. The summed E-state index contributed by atoms with van der Waals surface area (Å²) >= 11 is 15.0. The van der Waals surface area contributed by atoms with Crippen LogP contribution in [0.4, 0.5) is 4.39 Å². The average molecular weight is 350 g/mol. The fraction of sp³-hybridized carbons (Fsp3) is 0.0769. The number of hydrogen-bond acceptors (Lipinski definition) is 1. The molecule has 0 amide bonds. The Labute approximate surface area is 123 Å². The van der Waals surface area contributed by atoms with E-state index in [1.807, 2.05) is 0 Å². The van der Waals surface area contributed by atoms with Crippen LogP contribution < -0.4 is 4.74 Å². The van der Waals surface area contributed by atoms with Gasteiger partial charge in [0.2, 0.25) is 0 Å². The minimum absolute atomic E-state index is 0.256. The maximum Gasteiger partial charge on any atom is 0.128 e. The lowest BCUT2D eigenvalue weighted by Crippen LogP contribution is -1.96. The van der Waals surface area contributed by atoms with E-state index < -0.39 is 0 Å². The van der Waals surface area contributed by atoms with E-state index in [0.29, 0.717) is 20.3 Å². The molecule has 1 nitrogen and oxygen atoms in total. The van der Waals surface area contributed by atoms with Crippen LogP contribution in [0.3, 0.4) is 0 Å². The molecule has 2 aromatic carbocycles. The zero-order valence-electron chi connectivity index (χ0n) is 9.09. The second kappa shape index (κ2) is 5.91. The molecule has 94 valence electrons. The first-order valence-electron chi connectivity index (χ1n) is 5.07. The molecule has 0 bridgehead atoms. The van der Waals surface area contributed by atoms with Crippen molar-refractivity contribution in [3.8, 4) is 5.75 Å².